The van der Waals surface area contributed by atoms with Crippen molar-refractivity contribution in [2.45, 2.75) is 13.5 Å². The molecular formula is C15H15FN4O. The van der Waals surface area contributed by atoms with Crippen LogP contribution in [0.15, 0.2) is 36.7 Å². The number of rotatable bonds is 4. The maximum atomic E-state index is 13.1. The Morgan fingerprint density at radius 2 is 2.29 bits per heavy atom. The number of halogens is 1. The second kappa shape index (κ2) is 5.40. The van der Waals surface area contributed by atoms with E-state index in [-0.39, 0.29) is 11.7 Å². The summed E-state index contributed by atoms with van der Waals surface area (Å²) in [7, 11) is 0. The minimum absolute atomic E-state index is 0.204. The van der Waals surface area contributed by atoms with Gasteiger partial charge in [-0.2, -0.15) is 0 Å². The lowest BCUT2D eigenvalue weighted by Gasteiger charge is -2.06. The van der Waals surface area contributed by atoms with Crippen LogP contribution >= 0.6 is 0 Å². The van der Waals surface area contributed by atoms with E-state index in [9.17, 15) is 9.18 Å². The van der Waals surface area contributed by atoms with Gasteiger partial charge in [-0.1, -0.05) is 0 Å². The maximum absolute atomic E-state index is 13.1. The van der Waals surface area contributed by atoms with Crippen molar-refractivity contribution in [1.29, 1.82) is 0 Å². The van der Waals surface area contributed by atoms with E-state index >= 15 is 0 Å². The van der Waals surface area contributed by atoms with Gasteiger partial charge in [0, 0.05) is 36.4 Å². The molecular weight excluding hydrogens is 271 g/mol. The van der Waals surface area contributed by atoms with Crippen LogP contribution in [0.2, 0.25) is 0 Å². The van der Waals surface area contributed by atoms with E-state index in [2.05, 4.69) is 15.3 Å². The predicted octanol–water partition coefficient (Wildman–Crippen LogP) is 2.24. The number of carbonyl (C=O) groups excluding carboxylic acids is 1. The van der Waals surface area contributed by atoms with E-state index in [4.69, 9.17) is 0 Å². The first-order valence-corrected chi connectivity index (χ1v) is 6.68. The van der Waals surface area contributed by atoms with E-state index in [1.165, 1.54) is 12.1 Å². The summed E-state index contributed by atoms with van der Waals surface area (Å²) in [5.41, 5.74) is 1.04. The molecule has 0 bridgehead atoms. The SMILES string of the molecule is Cc1nccn1CCNC(=O)c1cc2ccc(F)cc2[nH]1. The molecule has 0 aliphatic heterocycles. The fraction of sp³-hybridized carbons (Fsp3) is 0.200. The quantitative estimate of drug-likeness (QED) is 0.772. The number of nitrogens with zero attached hydrogens (tertiary/aromatic N) is 2. The number of hydrogen-bond donors (Lipinski definition) is 2. The van der Waals surface area contributed by atoms with Gasteiger partial charge in [0.15, 0.2) is 0 Å². The first-order chi connectivity index (χ1) is 10.1. The Morgan fingerprint density at radius 3 is 3.05 bits per heavy atom. The Morgan fingerprint density at radius 1 is 1.43 bits per heavy atom. The van der Waals surface area contributed by atoms with Crippen molar-refractivity contribution in [3.63, 3.8) is 0 Å². The van der Waals surface area contributed by atoms with Gasteiger partial charge in [-0.3, -0.25) is 4.79 Å². The summed E-state index contributed by atoms with van der Waals surface area (Å²) >= 11 is 0. The summed E-state index contributed by atoms with van der Waals surface area (Å²) in [4.78, 5) is 19.1. The summed E-state index contributed by atoms with van der Waals surface area (Å²) in [6, 6.07) is 6.11. The van der Waals surface area contributed by atoms with Crippen LogP contribution in [0, 0.1) is 12.7 Å². The Kier molecular flexibility index (Phi) is 3.43. The molecule has 0 aliphatic rings. The highest BCUT2D eigenvalue weighted by molar-refractivity contribution is 5.97. The molecule has 2 aromatic heterocycles. The van der Waals surface area contributed by atoms with Crippen LogP contribution in [0.1, 0.15) is 16.3 Å². The number of aromatic amines is 1. The molecule has 21 heavy (non-hydrogen) atoms. The lowest BCUT2D eigenvalue weighted by atomic mass is 10.2. The van der Waals surface area contributed by atoms with Crippen molar-refractivity contribution in [3.8, 4) is 0 Å². The molecule has 0 saturated heterocycles. The minimum Gasteiger partial charge on any atom is -0.350 e. The number of H-pyrrole nitrogens is 1. The number of nitrogens with one attached hydrogen (secondary N) is 2. The fourth-order valence-corrected chi connectivity index (χ4v) is 2.25. The van der Waals surface area contributed by atoms with Crippen LogP contribution in [0.5, 0.6) is 0 Å². The van der Waals surface area contributed by atoms with Gasteiger partial charge in [-0.05, 0) is 31.2 Å². The number of hydrogen-bond acceptors (Lipinski definition) is 2. The number of benzene rings is 1. The molecule has 0 atom stereocenters. The molecule has 0 radical (unpaired) electrons. The van der Waals surface area contributed by atoms with E-state index < -0.39 is 0 Å². The first-order valence-electron chi connectivity index (χ1n) is 6.68. The second-order valence-corrected chi connectivity index (χ2v) is 4.84. The maximum Gasteiger partial charge on any atom is 0.267 e. The third kappa shape index (κ3) is 2.79. The highest BCUT2D eigenvalue weighted by Gasteiger charge is 2.09. The van der Waals surface area contributed by atoms with Crippen molar-refractivity contribution >= 4 is 16.8 Å². The van der Waals surface area contributed by atoms with Crippen LogP contribution in [0.4, 0.5) is 4.39 Å². The zero-order valence-electron chi connectivity index (χ0n) is 11.6. The monoisotopic (exact) mass is 286 g/mol. The first kappa shape index (κ1) is 13.4. The van der Waals surface area contributed by atoms with Gasteiger partial charge in [-0.15, -0.1) is 0 Å². The molecule has 0 spiro atoms. The molecule has 3 rings (SSSR count). The topological polar surface area (TPSA) is 62.7 Å². The molecule has 1 aromatic carbocycles. The van der Waals surface area contributed by atoms with Gasteiger partial charge in [0.05, 0.1) is 0 Å². The Bertz CT molecular complexity index is 790. The van der Waals surface area contributed by atoms with Crippen molar-refractivity contribution in [2.24, 2.45) is 0 Å². The Labute approximate surface area is 120 Å². The average Bonchev–Trinajstić information content (AvgIpc) is 3.05. The van der Waals surface area contributed by atoms with E-state index in [0.29, 0.717) is 24.3 Å². The standard InChI is InChI=1S/C15H15FN4O/c1-10-17-4-6-20(10)7-5-18-15(21)14-8-11-2-3-12(16)9-13(11)19-14/h2-4,6,8-9,19H,5,7H2,1H3,(H,18,21). The normalized spacial score (nSPS) is 11.0. The van der Waals surface area contributed by atoms with E-state index in [1.54, 1.807) is 18.3 Å². The molecule has 108 valence electrons. The molecule has 0 aliphatic carbocycles. The molecule has 6 heteroatoms. The van der Waals surface area contributed by atoms with Crippen molar-refractivity contribution in [2.75, 3.05) is 6.54 Å². The van der Waals surface area contributed by atoms with Crippen LogP contribution < -0.4 is 5.32 Å². The summed E-state index contributed by atoms with van der Waals surface area (Å²) in [6.45, 7) is 3.07. The predicted molar refractivity (Wildman–Crippen MR) is 77.6 cm³/mol. The molecule has 0 unspecified atom stereocenters. The average molecular weight is 286 g/mol. The molecule has 2 heterocycles. The number of fused-ring (bicyclic) bond motifs is 1. The van der Waals surface area contributed by atoms with Crippen molar-refractivity contribution < 1.29 is 9.18 Å². The number of carbonyl (C=O) groups is 1. The summed E-state index contributed by atoms with van der Waals surface area (Å²) in [5.74, 6) is 0.376. The summed E-state index contributed by atoms with van der Waals surface area (Å²) in [6.07, 6.45) is 3.59. The van der Waals surface area contributed by atoms with E-state index in [1.807, 2.05) is 17.7 Å². The molecule has 0 fully saturated rings. The summed E-state index contributed by atoms with van der Waals surface area (Å²) in [5, 5.41) is 3.64. The van der Waals surface area contributed by atoms with E-state index in [0.717, 1.165) is 11.2 Å². The number of aryl methyl sites for hydroxylation is 1. The smallest absolute Gasteiger partial charge is 0.267 e. The van der Waals surface area contributed by atoms with Crippen LogP contribution in [-0.4, -0.2) is 27.0 Å². The lowest BCUT2D eigenvalue weighted by molar-refractivity contribution is 0.0948. The third-order valence-electron chi connectivity index (χ3n) is 3.39. The highest BCUT2D eigenvalue weighted by atomic mass is 19.1. The van der Waals surface area contributed by atoms with Crippen LogP contribution in [0.25, 0.3) is 10.9 Å². The molecule has 5 nitrogen and oxygen atoms in total. The fourth-order valence-electron chi connectivity index (χ4n) is 2.25. The van der Waals surface area contributed by atoms with Gasteiger partial charge >= 0.3 is 0 Å². The Hall–Kier alpha value is -2.63. The van der Waals surface area contributed by atoms with Crippen molar-refractivity contribution in [3.05, 3.63) is 54.0 Å². The van der Waals surface area contributed by atoms with Gasteiger partial charge in [0.25, 0.3) is 5.91 Å². The summed E-state index contributed by atoms with van der Waals surface area (Å²) < 4.78 is 15.1. The molecule has 1 amide bonds. The molecule has 0 saturated carbocycles. The van der Waals surface area contributed by atoms with Gasteiger partial charge < -0.3 is 14.9 Å². The highest BCUT2D eigenvalue weighted by Crippen LogP contribution is 2.16. The van der Waals surface area contributed by atoms with Crippen LogP contribution in [0.3, 0.4) is 0 Å². The van der Waals surface area contributed by atoms with Gasteiger partial charge in [-0.25, -0.2) is 9.37 Å². The van der Waals surface area contributed by atoms with Crippen LogP contribution in [-0.2, 0) is 6.54 Å². The Balaban J connectivity index is 1.65. The third-order valence-corrected chi connectivity index (χ3v) is 3.39. The zero-order valence-corrected chi connectivity index (χ0v) is 11.6. The lowest BCUT2D eigenvalue weighted by Crippen LogP contribution is -2.27. The van der Waals surface area contributed by atoms with Gasteiger partial charge in [0.2, 0.25) is 0 Å². The molecule has 3 aromatic rings. The minimum atomic E-state index is -0.327. The number of imidazole rings is 1. The largest absolute Gasteiger partial charge is 0.350 e. The van der Waals surface area contributed by atoms with Crippen molar-refractivity contribution in [1.82, 2.24) is 19.9 Å². The van der Waals surface area contributed by atoms with Gasteiger partial charge in [0.1, 0.15) is 17.3 Å². The zero-order chi connectivity index (χ0) is 14.8. The number of amides is 1. The number of aromatic nitrogens is 3. The molecule has 2 N–H and O–H groups in total. The second-order valence-electron chi connectivity index (χ2n) is 4.84.